The van der Waals surface area contributed by atoms with Gasteiger partial charge in [0.15, 0.2) is 0 Å². The fourth-order valence-electron chi connectivity index (χ4n) is 1.06. The number of carboxylic acids is 1. The zero-order valence-corrected chi connectivity index (χ0v) is 8.63. The smallest absolute Gasteiger partial charge is 0.312 e. The van der Waals surface area contributed by atoms with Crippen molar-refractivity contribution in [1.82, 2.24) is 4.90 Å². The average Bonchev–Trinajstić information content (AvgIpc) is 1.81. The lowest BCUT2D eigenvalue weighted by atomic mass is 9.96. The SMILES string of the molecule is CN(CC(C)(C)C)C(=O)CC(=O)O. The van der Waals surface area contributed by atoms with Crippen LogP contribution in [0.15, 0.2) is 0 Å². The molecule has 0 unspecified atom stereocenters. The Kier molecular flexibility index (Phi) is 3.91. The van der Waals surface area contributed by atoms with Crippen molar-refractivity contribution >= 4 is 11.9 Å². The van der Waals surface area contributed by atoms with E-state index in [-0.39, 0.29) is 11.3 Å². The van der Waals surface area contributed by atoms with Crippen molar-refractivity contribution in [2.45, 2.75) is 27.2 Å². The van der Waals surface area contributed by atoms with Crippen LogP contribution in [0.25, 0.3) is 0 Å². The Bertz CT molecular complexity index is 205. The second-order valence-corrected chi connectivity index (χ2v) is 4.38. The summed E-state index contributed by atoms with van der Waals surface area (Å²) in [5, 5.41) is 8.38. The molecule has 0 fully saturated rings. The maximum absolute atomic E-state index is 11.2. The Morgan fingerprint density at radius 1 is 1.31 bits per heavy atom. The molecule has 13 heavy (non-hydrogen) atoms. The van der Waals surface area contributed by atoms with E-state index in [9.17, 15) is 9.59 Å². The molecule has 4 heteroatoms. The molecule has 1 N–H and O–H groups in total. The molecule has 0 bridgehead atoms. The number of hydrogen-bond donors (Lipinski definition) is 1. The standard InChI is InChI=1S/C9H17NO3/c1-9(2,3)6-10(4)7(11)5-8(12)13/h5-6H2,1-4H3,(H,12,13). The van der Waals surface area contributed by atoms with Crippen molar-refractivity contribution in [1.29, 1.82) is 0 Å². The average molecular weight is 187 g/mol. The van der Waals surface area contributed by atoms with Crippen LogP contribution in [0.4, 0.5) is 0 Å². The summed E-state index contributed by atoms with van der Waals surface area (Å²) in [5.74, 6) is -1.42. The van der Waals surface area contributed by atoms with Crippen LogP contribution >= 0.6 is 0 Å². The maximum Gasteiger partial charge on any atom is 0.312 e. The predicted molar refractivity (Wildman–Crippen MR) is 49.3 cm³/mol. The molecule has 0 aromatic rings. The van der Waals surface area contributed by atoms with Gasteiger partial charge in [0.2, 0.25) is 5.91 Å². The number of carbonyl (C=O) groups excluding carboxylic acids is 1. The minimum atomic E-state index is -1.08. The number of nitrogens with zero attached hydrogens (tertiary/aromatic N) is 1. The van der Waals surface area contributed by atoms with Gasteiger partial charge in [-0.15, -0.1) is 0 Å². The highest BCUT2D eigenvalue weighted by molar-refractivity contribution is 5.93. The fraction of sp³-hybridized carbons (Fsp3) is 0.778. The number of hydrogen-bond acceptors (Lipinski definition) is 2. The van der Waals surface area contributed by atoms with E-state index in [1.165, 1.54) is 4.90 Å². The monoisotopic (exact) mass is 187 g/mol. The number of amides is 1. The summed E-state index contributed by atoms with van der Waals surface area (Å²) in [6.45, 7) is 6.56. The van der Waals surface area contributed by atoms with Gasteiger partial charge in [-0.25, -0.2) is 0 Å². The molecule has 0 heterocycles. The van der Waals surface area contributed by atoms with E-state index in [0.717, 1.165) is 0 Å². The minimum absolute atomic E-state index is 0.00289. The summed E-state index contributed by atoms with van der Waals surface area (Å²) in [5.41, 5.74) is 0.00289. The van der Waals surface area contributed by atoms with Crippen molar-refractivity contribution in [3.05, 3.63) is 0 Å². The largest absolute Gasteiger partial charge is 0.481 e. The van der Waals surface area contributed by atoms with Gasteiger partial charge < -0.3 is 10.0 Å². The molecule has 0 aromatic carbocycles. The number of aliphatic carboxylic acids is 1. The van der Waals surface area contributed by atoms with Crippen LogP contribution in [-0.2, 0) is 9.59 Å². The molecule has 0 aliphatic carbocycles. The molecule has 0 aliphatic heterocycles. The number of carbonyl (C=O) groups is 2. The molecule has 0 spiro atoms. The lowest BCUT2D eigenvalue weighted by Gasteiger charge is -2.26. The van der Waals surface area contributed by atoms with E-state index in [1.54, 1.807) is 7.05 Å². The molecule has 0 radical (unpaired) electrons. The Balaban J connectivity index is 4.04. The van der Waals surface area contributed by atoms with Gasteiger partial charge in [0.05, 0.1) is 0 Å². The first kappa shape index (κ1) is 11.9. The van der Waals surface area contributed by atoms with E-state index in [1.807, 2.05) is 20.8 Å². The normalized spacial score (nSPS) is 11.1. The zero-order chi connectivity index (χ0) is 10.6. The first-order valence-electron chi connectivity index (χ1n) is 4.18. The lowest BCUT2D eigenvalue weighted by molar-refractivity contribution is -0.144. The highest BCUT2D eigenvalue weighted by Crippen LogP contribution is 2.14. The van der Waals surface area contributed by atoms with Gasteiger partial charge in [0.25, 0.3) is 0 Å². The van der Waals surface area contributed by atoms with Gasteiger partial charge in [0, 0.05) is 13.6 Å². The van der Waals surface area contributed by atoms with Gasteiger partial charge in [-0.2, -0.15) is 0 Å². The van der Waals surface area contributed by atoms with E-state index in [2.05, 4.69) is 0 Å². The molecular formula is C9H17NO3. The minimum Gasteiger partial charge on any atom is -0.481 e. The van der Waals surface area contributed by atoms with Crippen LogP contribution in [0.5, 0.6) is 0 Å². The van der Waals surface area contributed by atoms with E-state index < -0.39 is 12.4 Å². The van der Waals surface area contributed by atoms with Crippen LogP contribution in [-0.4, -0.2) is 35.5 Å². The summed E-state index contributed by atoms with van der Waals surface area (Å²) >= 11 is 0. The van der Waals surface area contributed by atoms with Crippen LogP contribution in [0, 0.1) is 5.41 Å². The second-order valence-electron chi connectivity index (χ2n) is 4.38. The van der Waals surface area contributed by atoms with Crippen LogP contribution in [0.1, 0.15) is 27.2 Å². The summed E-state index contributed by atoms with van der Waals surface area (Å²) in [7, 11) is 1.62. The molecule has 0 rings (SSSR count). The summed E-state index contributed by atoms with van der Waals surface area (Å²) in [6.07, 6.45) is -0.424. The summed E-state index contributed by atoms with van der Waals surface area (Å²) in [4.78, 5) is 22.9. The third kappa shape index (κ3) is 6.13. The first-order chi connectivity index (χ1) is 5.72. The fourth-order valence-corrected chi connectivity index (χ4v) is 1.06. The lowest BCUT2D eigenvalue weighted by Crippen LogP contribution is -2.35. The molecule has 0 atom stereocenters. The van der Waals surface area contributed by atoms with Gasteiger partial charge in [-0.3, -0.25) is 9.59 Å². The van der Waals surface area contributed by atoms with Crippen molar-refractivity contribution in [3.8, 4) is 0 Å². The Hall–Kier alpha value is -1.06. The van der Waals surface area contributed by atoms with Gasteiger partial charge in [-0.05, 0) is 5.41 Å². The highest BCUT2D eigenvalue weighted by Gasteiger charge is 2.18. The summed E-state index contributed by atoms with van der Waals surface area (Å²) < 4.78 is 0. The van der Waals surface area contributed by atoms with Gasteiger partial charge in [-0.1, -0.05) is 20.8 Å². The molecule has 0 aliphatic rings. The van der Waals surface area contributed by atoms with E-state index in [0.29, 0.717) is 6.54 Å². The second kappa shape index (κ2) is 4.25. The van der Waals surface area contributed by atoms with Crippen molar-refractivity contribution in [2.75, 3.05) is 13.6 Å². The van der Waals surface area contributed by atoms with Gasteiger partial charge >= 0.3 is 5.97 Å². The highest BCUT2D eigenvalue weighted by atomic mass is 16.4. The van der Waals surface area contributed by atoms with Crippen LogP contribution in [0.3, 0.4) is 0 Å². The molecule has 4 nitrogen and oxygen atoms in total. The van der Waals surface area contributed by atoms with Crippen LogP contribution < -0.4 is 0 Å². The Labute approximate surface area is 78.5 Å². The van der Waals surface area contributed by atoms with Gasteiger partial charge in [0.1, 0.15) is 6.42 Å². The molecular weight excluding hydrogens is 170 g/mol. The molecule has 0 saturated heterocycles. The van der Waals surface area contributed by atoms with E-state index in [4.69, 9.17) is 5.11 Å². The molecule has 0 saturated carbocycles. The molecule has 76 valence electrons. The quantitative estimate of drug-likeness (QED) is 0.670. The number of carboxylic acid groups (broad SMARTS) is 1. The Morgan fingerprint density at radius 3 is 2.08 bits per heavy atom. The predicted octanol–water partition coefficient (Wildman–Crippen LogP) is 0.966. The van der Waals surface area contributed by atoms with Crippen LogP contribution in [0.2, 0.25) is 0 Å². The third-order valence-corrected chi connectivity index (χ3v) is 1.44. The zero-order valence-electron chi connectivity index (χ0n) is 8.63. The van der Waals surface area contributed by atoms with Crippen molar-refractivity contribution < 1.29 is 14.7 Å². The molecule has 0 aromatic heterocycles. The summed E-state index contributed by atoms with van der Waals surface area (Å²) in [6, 6.07) is 0. The maximum atomic E-state index is 11.2. The third-order valence-electron chi connectivity index (χ3n) is 1.44. The van der Waals surface area contributed by atoms with Crippen molar-refractivity contribution in [3.63, 3.8) is 0 Å². The first-order valence-corrected chi connectivity index (χ1v) is 4.18. The molecule has 1 amide bonds. The van der Waals surface area contributed by atoms with Crippen molar-refractivity contribution in [2.24, 2.45) is 5.41 Å². The topological polar surface area (TPSA) is 57.6 Å². The Morgan fingerprint density at radius 2 is 1.77 bits per heavy atom. The number of rotatable bonds is 3. The van der Waals surface area contributed by atoms with E-state index >= 15 is 0 Å².